The topological polar surface area (TPSA) is 57.8 Å². The first-order chi connectivity index (χ1) is 9.65. The first kappa shape index (κ1) is 14.2. The molecule has 0 fully saturated rings. The molecule has 1 amide bonds. The van der Waals surface area contributed by atoms with Crippen LogP contribution in [0.4, 0.5) is 8.78 Å². The number of halogens is 2. The number of amides is 1. The zero-order chi connectivity index (χ0) is 14.4. The van der Waals surface area contributed by atoms with Crippen molar-refractivity contribution in [1.29, 1.82) is 0 Å². The second-order valence-corrected chi connectivity index (χ2v) is 4.40. The summed E-state index contributed by atoms with van der Waals surface area (Å²) in [6, 6.07) is 3.20. The smallest absolute Gasteiger partial charge is 0.224 e. The zero-order valence-electron chi connectivity index (χ0n) is 10.8. The van der Waals surface area contributed by atoms with E-state index in [0.29, 0.717) is 6.54 Å². The van der Waals surface area contributed by atoms with Crippen LogP contribution >= 0.6 is 0 Å². The molecule has 6 heteroatoms. The van der Waals surface area contributed by atoms with Crippen molar-refractivity contribution in [2.45, 2.75) is 19.3 Å². The highest BCUT2D eigenvalue weighted by atomic mass is 19.1. The molecule has 0 atom stereocenters. The maximum Gasteiger partial charge on any atom is 0.224 e. The number of aromatic amines is 1. The van der Waals surface area contributed by atoms with Crippen LogP contribution in [0.5, 0.6) is 0 Å². The predicted molar refractivity (Wildman–Crippen MR) is 70.0 cm³/mol. The molecule has 106 valence electrons. The number of benzene rings is 1. The van der Waals surface area contributed by atoms with Crippen LogP contribution in [0.25, 0.3) is 0 Å². The number of aromatic nitrogens is 2. The Morgan fingerprint density at radius 1 is 1.35 bits per heavy atom. The Morgan fingerprint density at radius 2 is 2.20 bits per heavy atom. The van der Waals surface area contributed by atoms with Gasteiger partial charge in [-0.25, -0.2) is 13.8 Å². The number of nitrogens with zero attached hydrogens (tertiary/aromatic N) is 1. The van der Waals surface area contributed by atoms with Crippen molar-refractivity contribution in [3.8, 4) is 0 Å². The molecule has 1 heterocycles. The number of nitrogens with one attached hydrogen (secondary N) is 2. The standard InChI is InChI=1S/C14H15F2N3O/c15-11-4-3-10(12(16)9-11)8-14(20)19-5-1-2-13-17-6-7-18-13/h3-4,6-7,9H,1-2,5,8H2,(H,17,18)(H,19,20). The molecule has 2 N–H and O–H groups in total. The largest absolute Gasteiger partial charge is 0.356 e. The Bertz CT molecular complexity index is 570. The third-order valence-corrected chi connectivity index (χ3v) is 2.83. The van der Waals surface area contributed by atoms with Gasteiger partial charge in [-0.3, -0.25) is 4.79 Å². The van der Waals surface area contributed by atoms with Crippen molar-refractivity contribution in [1.82, 2.24) is 15.3 Å². The Labute approximate surface area is 115 Å². The summed E-state index contributed by atoms with van der Waals surface area (Å²) in [5.41, 5.74) is 0.190. The number of carbonyl (C=O) groups excluding carboxylic acids is 1. The minimum atomic E-state index is -0.698. The van der Waals surface area contributed by atoms with Gasteiger partial charge in [-0.05, 0) is 18.1 Å². The van der Waals surface area contributed by atoms with E-state index >= 15 is 0 Å². The second-order valence-electron chi connectivity index (χ2n) is 4.40. The molecule has 0 saturated heterocycles. The van der Waals surface area contributed by atoms with Crippen LogP contribution in [-0.2, 0) is 17.6 Å². The molecule has 0 bridgehead atoms. The van der Waals surface area contributed by atoms with Gasteiger partial charge in [0, 0.05) is 31.4 Å². The van der Waals surface area contributed by atoms with Gasteiger partial charge >= 0.3 is 0 Å². The first-order valence-electron chi connectivity index (χ1n) is 6.34. The van der Waals surface area contributed by atoms with E-state index in [1.807, 2.05) is 0 Å². The average Bonchev–Trinajstić information content (AvgIpc) is 2.91. The highest BCUT2D eigenvalue weighted by Gasteiger charge is 2.08. The summed E-state index contributed by atoms with van der Waals surface area (Å²) < 4.78 is 26.1. The van der Waals surface area contributed by atoms with Gasteiger partial charge in [-0.2, -0.15) is 0 Å². The summed E-state index contributed by atoms with van der Waals surface area (Å²) in [5, 5.41) is 2.69. The number of rotatable bonds is 6. The lowest BCUT2D eigenvalue weighted by Gasteiger charge is -2.05. The van der Waals surface area contributed by atoms with E-state index in [-0.39, 0.29) is 17.9 Å². The fourth-order valence-electron chi connectivity index (χ4n) is 1.82. The van der Waals surface area contributed by atoms with Crippen LogP contribution in [0.15, 0.2) is 30.6 Å². The van der Waals surface area contributed by atoms with Crippen LogP contribution in [0, 0.1) is 11.6 Å². The fourth-order valence-corrected chi connectivity index (χ4v) is 1.82. The molecule has 20 heavy (non-hydrogen) atoms. The summed E-state index contributed by atoms with van der Waals surface area (Å²) in [7, 11) is 0. The summed E-state index contributed by atoms with van der Waals surface area (Å²) in [6.07, 6.45) is 4.80. The van der Waals surface area contributed by atoms with Gasteiger partial charge in [0.25, 0.3) is 0 Å². The van der Waals surface area contributed by atoms with Crippen molar-refractivity contribution in [3.05, 3.63) is 53.6 Å². The van der Waals surface area contributed by atoms with Crippen LogP contribution in [-0.4, -0.2) is 22.4 Å². The molecule has 0 radical (unpaired) electrons. The van der Waals surface area contributed by atoms with Gasteiger partial charge < -0.3 is 10.3 Å². The normalized spacial score (nSPS) is 10.5. The van der Waals surface area contributed by atoms with Gasteiger partial charge in [0.1, 0.15) is 17.5 Å². The van der Waals surface area contributed by atoms with Gasteiger partial charge in [0.2, 0.25) is 5.91 Å². The molecular formula is C14H15F2N3O. The van der Waals surface area contributed by atoms with Crippen molar-refractivity contribution in [3.63, 3.8) is 0 Å². The number of hydrogen-bond acceptors (Lipinski definition) is 2. The Balaban J connectivity index is 1.72. The van der Waals surface area contributed by atoms with Crippen LogP contribution < -0.4 is 5.32 Å². The Hall–Kier alpha value is -2.24. The monoisotopic (exact) mass is 279 g/mol. The van der Waals surface area contributed by atoms with E-state index in [1.165, 1.54) is 6.07 Å². The van der Waals surface area contributed by atoms with Crippen molar-refractivity contribution in [2.75, 3.05) is 6.54 Å². The molecule has 0 spiro atoms. The minimum Gasteiger partial charge on any atom is -0.356 e. The quantitative estimate of drug-likeness (QED) is 0.794. The van der Waals surface area contributed by atoms with E-state index in [4.69, 9.17) is 0 Å². The Morgan fingerprint density at radius 3 is 2.90 bits per heavy atom. The van der Waals surface area contributed by atoms with Gasteiger partial charge in [-0.15, -0.1) is 0 Å². The highest BCUT2D eigenvalue weighted by Crippen LogP contribution is 2.10. The summed E-state index contributed by atoms with van der Waals surface area (Å²) >= 11 is 0. The first-order valence-corrected chi connectivity index (χ1v) is 6.34. The van der Waals surface area contributed by atoms with E-state index in [0.717, 1.165) is 30.8 Å². The third-order valence-electron chi connectivity index (χ3n) is 2.83. The molecule has 2 rings (SSSR count). The summed E-state index contributed by atoms with van der Waals surface area (Å²) in [4.78, 5) is 18.7. The minimum absolute atomic E-state index is 0.0904. The van der Waals surface area contributed by atoms with E-state index in [1.54, 1.807) is 12.4 Å². The Kier molecular flexibility index (Phi) is 4.81. The molecule has 0 aliphatic rings. The number of carbonyl (C=O) groups is 1. The molecule has 2 aromatic rings. The SMILES string of the molecule is O=C(Cc1ccc(F)cc1F)NCCCc1ncc[nH]1. The number of imidazole rings is 1. The van der Waals surface area contributed by atoms with Crippen molar-refractivity contribution >= 4 is 5.91 Å². The number of aryl methyl sites for hydroxylation is 1. The zero-order valence-corrected chi connectivity index (χ0v) is 10.8. The van der Waals surface area contributed by atoms with Crippen LogP contribution in [0.3, 0.4) is 0 Å². The lowest BCUT2D eigenvalue weighted by atomic mass is 10.1. The van der Waals surface area contributed by atoms with Crippen molar-refractivity contribution < 1.29 is 13.6 Å². The van der Waals surface area contributed by atoms with E-state index in [2.05, 4.69) is 15.3 Å². The van der Waals surface area contributed by atoms with Crippen LogP contribution in [0.2, 0.25) is 0 Å². The van der Waals surface area contributed by atoms with Gasteiger partial charge in [0.15, 0.2) is 0 Å². The van der Waals surface area contributed by atoms with Gasteiger partial charge in [0.05, 0.1) is 6.42 Å². The predicted octanol–water partition coefficient (Wildman–Crippen LogP) is 1.98. The lowest BCUT2D eigenvalue weighted by Crippen LogP contribution is -2.26. The second kappa shape index (κ2) is 6.79. The molecule has 1 aromatic carbocycles. The molecule has 0 saturated carbocycles. The van der Waals surface area contributed by atoms with Crippen molar-refractivity contribution in [2.24, 2.45) is 0 Å². The van der Waals surface area contributed by atoms with E-state index < -0.39 is 11.6 Å². The third kappa shape index (κ3) is 4.15. The average molecular weight is 279 g/mol. The highest BCUT2D eigenvalue weighted by molar-refractivity contribution is 5.78. The molecule has 0 aliphatic carbocycles. The summed E-state index contributed by atoms with van der Waals surface area (Å²) in [6.45, 7) is 0.488. The molecule has 0 unspecified atom stereocenters. The summed E-state index contributed by atoms with van der Waals surface area (Å²) in [5.74, 6) is -0.764. The van der Waals surface area contributed by atoms with Gasteiger partial charge in [-0.1, -0.05) is 6.07 Å². The number of H-pyrrole nitrogens is 1. The maximum absolute atomic E-state index is 13.4. The van der Waals surface area contributed by atoms with E-state index in [9.17, 15) is 13.6 Å². The molecule has 4 nitrogen and oxygen atoms in total. The fraction of sp³-hybridized carbons (Fsp3) is 0.286. The molecule has 1 aromatic heterocycles. The number of hydrogen-bond donors (Lipinski definition) is 2. The molecule has 0 aliphatic heterocycles. The maximum atomic E-state index is 13.4. The lowest BCUT2D eigenvalue weighted by molar-refractivity contribution is -0.120. The molecular weight excluding hydrogens is 264 g/mol. The van der Waals surface area contributed by atoms with Crippen LogP contribution in [0.1, 0.15) is 17.8 Å².